The predicted octanol–water partition coefficient (Wildman–Crippen LogP) is 5.42. The molecule has 8 heteroatoms. The van der Waals surface area contributed by atoms with Gasteiger partial charge in [-0.2, -0.15) is 0 Å². The van der Waals surface area contributed by atoms with Crippen molar-refractivity contribution in [2.45, 2.75) is 65.1 Å². The van der Waals surface area contributed by atoms with E-state index in [-0.39, 0.29) is 18.5 Å². The lowest BCUT2D eigenvalue weighted by Gasteiger charge is -2.26. The molecule has 0 radical (unpaired) electrons. The van der Waals surface area contributed by atoms with Crippen molar-refractivity contribution in [2.75, 3.05) is 13.1 Å². The molecule has 0 spiro atoms. The second-order valence-corrected chi connectivity index (χ2v) is 11.4. The predicted molar refractivity (Wildman–Crippen MR) is 158 cm³/mol. The van der Waals surface area contributed by atoms with Crippen LogP contribution in [0.2, 0.25) is 0 Å². The summed E-state index contributed by atoms with van der Waals surface area (Å²) in [5.41, 5.74) is 0.942. The maximum absolute atomic E-state index is 13.3. The Morgan fingerprint density at radius 1 is 0.951 bits per heavy atom. The van der Waals surface area contributed by atoms with Crippen LogP contribution in [0, 0.1) is 5.41 Å². The van der Waals surface area contributed by atoms with Gasteiger partial charge in [0, 0.05) is 17.5 Å². The van der Waals surface area contributed by atoms with E-state index < -0.39 is 35.3 Å². The number of hydrogen-bond donors (Lipinski definition) is 2. The fourth-order valence-corrected chi connectivity index (χ4v) is 5.20. The first kappa shape index (κ1) is 29.8. The molecule has 1 aliphatic heterocycles. The zero-order valence-corrected chi connectivity index (χ0v) is 24.2. The molecule has 1 heterocycles. The number of alkyl carbamates (subject to hydrolysis) is 1. The lowest BCUT2D eigenvalue weighted by molar-refractivity contribution is -0.139. The maximum atomic E-state index is 13.3. The number of fused-ring (bicyclic) bond motifs is 1. The minimum absolute atomic E-state index is 0.129. The third kappa shape index (κ3) is 7.31. The van der Waals surface area contributed by atoms with E-state index in [0.29, 0.717) is 24.9 Å². The van der Waals surface area contributed by atoms with Crippen LogP contribution in [0.25, 0.3) is 10.8 Å². The summed E-state index contributed by atoms with van der Waals surface area (Å²) in [6.07, 6.45) is 0.408. The largest absolute Gasteiger partial charge is 0.444 e. The summed E-state index contributed by atoms with van der Waals surface area (Å²) in [4.78, 5) is 53.9. The van der Waals surface area contributed by atoms with Crippen LogP contribution in [-0.2, 0) is 14.3 Å². The van der Waals surface area contributed by atoms with Crippen molar-refractivity contribution in [3.05, 3.63) is 83.9 Å². The van der Waals surface area contributed by atoms with Crippen molar-refractivity contribution < 1.29 is 23.9 Å². The van der Waals surface area contributed by atoms with Gasteiger partial charge in [0.15, 0.2) is 0 Å². The van der Waals surface area contributed by atoms with Gasteiger partial charge >= 0.3 is 6.09 Å². The van der Waals surface area contributed by atoms with Gasteiger partial charge < -0.3 is 20.3 Å². The van der Waals surface area contributed by atoms with Crippen LogP contribution < -0.4 is 10.6 Å². The average Bonchev–Trinajstić information content (AvgIpc) is 3.27. The first-order valence-corrected chi connectivity index (χ1v) is 14.2. The Hall–Kier alpha value is -4.20. The van der Waals surface area contributed by atoms with E-state index in [9.17, 15) is 19.2 Å². The molecule has 3 atom stereocenters. The summed E-state index contributed by atoms with van der Waals surface area (Å²) < 4.78 is 5.78. The van der Waals surface area contributed by atoms with Crippen molar-refractivity contribution in [3.8, 4) is 0 Å². The zero-order chi connectivity index (χ0) is 29.6. The molecule has 8 nitrogen and oxygen atoms in total. The van der Waals surface area contributed by atoms with Crippen molar-refractivity contribution in [2.24, 2.45) is 5.41 Å². The van der Waals surface area contributed by atoms with E-state index in [1.54, 1.807) is 11.8 Å². The fraction of sp³-hybridized carbons (Fsp3) is 0.394. The minimum atomic E-state index is -1.01. The monoisotopic (exact) mass is 557 g/mol. The van der Waals surface area contributed by atoms with Crippen molar-refractivity contribution in [1.29, 1.82) is 0 Å². The Morgan fingerprint density at radius 3 is 2.34 bits per heavy atom. The molecule has 0 unspecified atom stereocenters. The lowest BCUT2D eigenvalue weighted by atomic mass is 9.90. The number of nitrogens with one attached hydrogen (secondary N) is 2. The van der Waals surface area contributed by atoms with Gasteiger partial charge in [0.25, 0.3) is 11.8 Å². The number of carbonyl (C=O) groups excluding carboxylic acids is 4. The second-order valence-electron chi connectivity index (χ2n) is 11.4. The van der Waals surface area contributed by atoms with Crippen molar-refractivity contribution in [1.82, 2.24) is 15.5 Å². The molecule has 0 saturated carbocycles. The molecule has 4 rings (SSSR count). The van der Waals surface area contributed by atoms with Crippen molar-refractivity contribution in [3.63, 3.8) is 0 Å². The topological polar surface area (TPSA) is 105 Å². The molecule has 1 aliphatic rings. The van der Waals surface area contributed by atoms with Gasteiger partial charge in [-0.25, -0.2) is 4.79 Å². The second kappa shape index (κ2) is 13.0. The molecule has 3 amide bonds. The average molecular weight is 558 g/mol. The highest BCUT2D eigenvalue weighted by Gasteiger charge is 2.44. The molecule has 1 saturated heterocycles. The highest BCUT2D eigenvalue weighted by Crippen LogP contribution is 2.33. The third-order valence-electron chi connectivity index (χ3n) is 7.72. The SMILES string of the molecule is CCCC[C@H](NC(=O)O[C@H]1CN(C(=O)c2ccc3ccccc3c2)CC1(C)C)C(=O)C(=O)N[C@H](C)c1ccccc1. The smallest absolute Gasteiger partial charge is 0.408 e. The van der Waals surface area contributed by atoms with Crippen LogP contribution in [-0.4, -0.2) is 53.8 Å². The van der Waals surface area contributed by atoms with Crippen LogP contribution in [0.3, 0.4) is 0 Å². The van der Waals surface area contributed by atoms with Gasteiger partial charge in [-0.1, -0.05) is 94.3 Å². The van der Waals surface area contributed by atoms with E-state index >= 15 is 0 Å². The molecule has 2 N–H and O–H groups in total. The summed E-state index contributed by atoms with van der Waals surface area (Å²) in [5, 5.41) is 7.40. The van der Waals surface area contributed by atoms with Gasteiger partial charge in [0.1, 0.15) is 12.1 Å². The molecule has 0 bridgehead atoms. The number of rotatable bonds is 10. The Morgan fingerprint density at radius 2 is 1.63 bits per heavy atom. The number of hydrogen-bond acceptors (Lipinski definition) is 5. The summed E-state index contributed by atoms with van der Waals surface area (Å²) in [6, 6.07) is 21.4. The number of likely N-dealkylation sites (tertiary alicyclic amines) is 1. The molecule has 3 aromatic carbocycles. The number of carbonyl (C=O) groups is 4. The van der Waals surface area contributed by atoms with Crippen LogP contribution in [0.5, 0.6) is 0 Å². The maximum Gasteiger partial charge on any atom is 0.408 e. The van der Waals surface area contributed by atoms with Gasteiger partial charge in [-0.15, -0.1) is 0 Å². The van der Waals surface area contributed by atoms with E-state index in [0.717, 1.165) is 22.8 Å². The number of ketones is 1. The van der Waals surface area contributed by atoms with E-state index in [4.69, 9.17) is 4.74 Å². The number of Topliss-reactive ketones (excluding diaryl/α,β-unsaturated/α-hetero) is 1. The normalized spacial score (nSPS) is 17.5. The zero-order valence-electron chi connectivity index (χ0n) is 24.2. The molecular weight excluding hydrogens is 518 g/mol. The summed E-state index contributed by atoms with van der Waals surface area (Å²) in [6.45, 7) is 8.30. The van der Waals surface area contributed by atoms with Gasteiger partial charge in [-0.3, -0.25) is 14.4 Å². The molecule has 1 fully saturated rings. The third-order valence-corrected chi connectivity index (χ3v) is 7.72. The standard InChI is InChI=1S/C33H39N3O5/c1-5-6-16-27(29(37)30(38)34-22(2)23-12-8-7-9-13-23)35-32(40)41-28-20-36(21-33(28,3)4)31(39)26-18-17-24-14-10-11-15-25(24)19-26/h7-15,17-19,22,27-28H,5-6,16,20-21H2,1-4H3,(H,34,38)(H,35,40)/t22-,27+,28+/m1/s1. The first-order valence-electron chi connectivity index (χ1n) is 14.2. The highest BCUT2D eigenvalue weighted by molar-refractivity contribution is 6.38. The summed E-state index contributed by atoms with van der Waals surface area (Å²) in [7, 11) is 0. The quantitative estimate of drug-likeness (QED) is 0.324. The molecule has 41 heavy (non-hydrogen) atoms. The first-order chi connectivity index (χ1) is 19.6. The van der Waals surface area contributed by atoms with E-state index in [1.165, 1.54) is 0 Å². The Bertz CT molecular complexity index is 1400. The van der Waals surface area contributed by atoms with Crippen LogP contribution in [0.15, 0.2) is 72.8 Å². The van der Waals surface area contributed by atoms with E-state index in [1.807, 2.05) is 93.6 Å². The Kier molecular flexibility index (Phi) is 9.42. The van der Waals surface area contributed by atoms with Crippen molar-refractivity contribution >= 4 is 34.5 Å². The fourth-order valence-electron chi connectivity index (χ4n) is 5.20. The molecule has 0 aliphatic carbocycles. The van der Waals surface area contributed by atoms with Crippen LogP contribution >= 0.6 is 0 Å². The number of nitrogens with zero attached hydrogens (tertiary/aromatic N) is 1. The molecular formula is C33H39N3O5. The Labute approximate surface area is 241 Å². The van der Waals surface area contributed by atoms with Gasteiger partial charge in [0.2, 0.25) is 5.78 Å². The number of amides is 3. The minimum Gasteiger partial charge on any atom is -0.444 e. The van der Waals surface area contributed by atoms with Crippen LogP contribution in [0.4, 0.5) is 4.79 Å². The summed E-state index contributed by atoms with van der Waals surface area (Å²) in [5.74, 6) is -1.59. The molecule has 216 valence electrons. The molecule has 3 aromatic rings. The van der Waals surface area contributed by atoms with Crippen LogP contribution in [0.1, 0.15) is 68.9 Å². The number of ether oxygens (including phenoxy) is 1. The number of unbranched alkanes of at least 4 members (excludes halogenated alkanes) is 1. The van der Waals surface area contributed by atoms with Gasteiger partial charge in [0.05, 0.1) is 12.6 Å². The summed E-state index contributed by atoms with van der Waals surface area (Å²) >= 11 is 0. The Balaban J connectivity index is 1.38. The highest BCUT2D eigenvalue weighted by atomic mass is 16.6. The van der Waals surface area contributed by atoms with Gasteiger partial charge in [-0.05, 0) is 41.8 Å². The lowest BCUT2D eigenvalue weighted by Crippen LogP contribution is -2.49. The number of benzene rings is 3. The van der Waals surface area contributed by atoms with E-state index in [2.05, 4.69) is 10.6 Å². The molecule has 0 aromatic heterocycles.